The first kappa shape index (κ1) is 23.7. The fraction of sp³-hybridized carbons (Fsp3) is 0.414. The van der Waals surface area contributed by atoms with Crippen molar-refractivity contribution in [1.82, 2.24) is 15.2 Å². The minimum Gasteiger partial charge on any atom is -0.361 e. The van der Waals surface area contributed by atoms with E-state index in [0.29, 0.717) is 23.4 Å². The summed E-state index contributed by atoms with van der Waals surface area (Å²) in [4.78, 5) is 17.7. The number of nitrogens with one attached hydrogen (secondary N) is 2. The van der Waals surface area contributed by atoms with Gasteiger partial charge in [0.25, 0.3) is 0 Å². The van der Waals surface area contributed by atoms with Crippen LogP contribution in [-0.4, -0.2) is 41.5 Å². The predicted molar refractivity (Wildman–Crippen MR) is 136 cm³/mol. The molecule has 0 bridgehead atoms. The van der Waals surface area contributed by atoms with E-state index < -0.39 is 11.6 Å². The lowest BCUT2D eigenvalue weighted by Gasteiger charge is -2.34. The molecule has 2 aliphatic rings. The number of fused-ring (bicyclic) bond motifs is 1. The van der Waals surface area contributed by atoms with Crippen LogP contribution in [0.1, 0.15) is 55.6 Å². The number of piperidine rings is 1. The maximum Gasteiger partial charge on any atom is 0.246 e. The number of aromatic amines is 1. The topological polar surface area (TPSA) is 48.1 Å². The molecule has 1 aliphatic carbocycles. The number of hydrogen-bond acceptors (Lipinski definition) is 2. The van der Waals surface area contributed by atoms with E-state index in [-0.39, 0.29) is 5.91 Å². The SMILES string of the molecule is O=C(/C=C/c1cc(F)cc(F)c1)N1CCC(CNC2CCC(c3c[nH]c4ccccc34)CC2)CC1. The van der Waals surface area contributed by atoms with Gasteiger partial charge in [-0.05, 0) is 92.3 Å². The van der Waals surface area contributed by atoms with Crippen LogP contribution in [0.15, 0.2) is 54.7 Å². The van der Waals surface area contributed by atoms with E-state index in [0.717, 1.165) is 38.5 Å². The second kappa shape index (κ2) is 10.7. The molecule has 184 valence electrons. The van der Waals surface area contributed by atoms with E-state index in [2.05, 4.69) is 40.8 Å². The number of para-hydroxylation sites is 1. The van der Waals surface area contributed by atoms with Crippen LogP contribution in [0.2, 0.25) is 0 Å². The largest absolute Gasteiger partial charge is 0.361 e. The second-order valence-electron chi connectivity index (χ2n) is 10.1. The number of hydrogen-bond donors (Lipinski definition) is 2. The van der Waals surface area contributed by atoms with Crippen LogP contribution in [-0.2, 0) is 4.79 Å². The molecule has 2 heterocycles. The molecular weight excluding hydrogens is 444 g/mol. The standard InChI is InChI=1S/C29H33F2N3O/c30-23-15-21(16-24(31)17-23)5-10-29(35)34-13-11-20(12-14-34)18-32-25-8-6-22(7-9-25)27-19-33-28-4-2-1-3-26(27)28/h1-5,10,15-17,19-20,22,25,32-33H,6-9,11-14,18H2/b10-5+. The molecule has 35 heavy (non-hydrogen) atoms. The predicted octanol–water partition coefficient (Wildman–Crippen LogP) is 6.01. The molecule has 0 spiro atoms. The molecule has 0 unspecified atom stereocenters. The Morgan fingerprint density at radius 1 is 1.00 bits per heavy atom. The minimum absolute atomic E-state index is 0.100. The van der Waals surface area contributed by atoms with Gasteiger partial charge in [0.05, 0.1) is 0 Å². The smallest absolute Gasteiger partial charge is 0.246 e. The zero-order chi connectivity index (χ0) is 24.2. The molecule has 0 radical (unpaired) electrons. The summed E-state index contributed by atoms with van der Waals surface area (Å²) in [6, 6.07) is 12.4. The molecular formula is C29H33F2N3O. The molecule has 2 N–H and O–H groups in total. The van der Waals surface area contributed by atoms with Crippen LogP contribution >= 0.6 is 0 Å². The van der Waals surface area contributed by atoms with Crippen molar-refractivity contribution in [1.29, 1.82) is 0 Å². The van der Waals surface area contributed by atoms with E-state index >= 15 is 0 Å². The number of halogens is 2. The highest BCUT2D eigenvalue weighted by Crippen LogP contribution is 2.36. The Morgan fingerprint density at radius 3 is 2.46 bits per heavy atom. The van der Waals surface area contributed by atoms with Crippen molar-refractivity contribution >= 4 is 22.9 Å². The summed E-state index contributed by atoms with van der Waals surface area (Å²) in [5.41, 5.74) is 3.05. The van der Waals surface area contributed by atoms with Gasteiger partial charge in [-0.15, -0.1) is 0 Å². The van der Waals surface area contributed by atoms with Gasteiger partial charge in [0.15, 0.2) is 0 Å². The quantitative estimate of drug-likeness (QED) is 0.427. The monoisotopic (exact) mass is 477 g/mol. The molecule has 1 aromatic heterocycles. The van der Waals surface area contributed by atoms with Crippen molar-refractivity contribution in [3.63, 3.8) is 0 Å². The Morgan fingerprint density at radius 2 is 1.71 bits per heavy atom. The van der Waals surface area contributed by atoms with Crippen LogP contribution in [0.25, 0.3) is 17.0 Å². The molecule has 6 heteroatoms. The van der Waals surface area contributed by atoms with Gasteiger partial charge in [-0.25, -0.2) is 8.78 Å². The summed E-state index contributed by atoms with van der Waals surface area (Å²) < 4.78 is 26.6. The third-order valence-electron chi connectivity index (χ3n) is 7.71. The number of carbonyl (C=O) groups is 1. The fourth-order valence-corrected chi connectivity index (χ4v) is 5.68. The molecule has 1 saturated carbocycles. The first-order valence-electron chi connectivity index (χ1n) is 12.8. The molecule has 3 aromatic rings. The van der Waals surface area contributed by atoms with Crippen molar-refractivity contribution < 1.29 is 13.6 Å². The molecule has 2 aromatic carbocycles. The van der Waals surface area contributed by atoms with Gasteiger partial charge in [-0.3, -0.25) is 4.79 Å². The minimum atomic E-state index is -0.642. The normalized spacial score (nSPS) is 21.7. The zero-order valence-electron chi connectivity index (χ0n) is 20.0. The van der Waals surface area contributed by atoms with E-state index in [1.165, 1.54) is 66.4 Å². The summed E-state index contributed by atoms with van der Waals surface area (Å²) in [5, 5.41) is 5.16. The maximum atomic E-state index is 13.3. The van der Waals surface area contributed by atoms with Crippen molar-refractivity contribution in [3.8, 4) is 0 Å². The summed E-state index contributed by atoms with van der Waals surface area (Å²) >= 11 is 0. The number of nitrogens with zero attached hydrogens (tertiary/aromatic N) is 1. The third-order valence-corrected chi connectivity index (χ3v) is 7.71. The summed E-state index contributed by atoms with van der Waals surface area (Å²) in [6.07, 6.45) is 11.9. The highest BCUT2D eigenvalue weighted by Gasteiger charge is 2.26. The lowest BCUT2D eigenvalue weighted by atomic mass is 9.81. The average Bonchev–Trinajstić information content (AvgIpc) is 3.30. The molecule has 2 fully saturated rings. The number of likely N-dealkylation sites (tertiary alicyclic amines) is 1. The van der Waals surface area contributed by atoms with Gasteiger partial charge in [0.1, 0.15) is 11.6 Å². The Balaban J connectivity index is 1.04. The highest BCUT2D eigenvalue weighted by atomic mass is 19.1. The van der Waals surface area contributed by atoms with Crippen LogP contribution in [0.4, 0.5) is 8.78 Å². The van der Waals surface area contributed by atoms with Crippen LogP contribution in [0.5, 0.6) is 0 Å². The van der Waals surface area contributed by atoms with Gasteiger partial charge < -0.3 is 15.2 Å². The lowest BCUT2D eigenvalue weighted by molar-refractivity contribution is -0.127. The first-order chi connectivity index (χ1) is 17.0. The Labute approximate surface area is 205 Å². The van der Waals surface area contributed by atoms with E-state index in [9.17, 15) is 13.6 Å². The average molecular weight is 478 g/mol. The number of benzene rings is 2. The zero-order valence-corrected chi connectivity index (χ0v) is 20.0. The van der Waals surface area contributed by atoms with E-state index in [4.69, 9.17) is 0 Å². The molecule has 1 aliphatic heterocycles. The first-order valence-corrected chi connectivity index (χ1v) is 12.8. The molecule has 0 atom stereocenters. The van der Waals surface area contributed by atoms with Crippen molar-refractivity contribution in [2.45, 2.75) is 50.5 Å². The van der Waals surface area contributed by atoms with Crippen LogP contribution in [0, 0.1) is 17.6 Å². The number of amides is 1. The maximum absolute atomic E-state index is 13.3. The number of rotatable bonds is 6. The number of H-pyrrole nitrogens is 1. The molecule has 4 nitrogen and oxygen atoms in total. The van der Waals surface area contributed by atoms with Gasteiger partial charge in [0.2, 0.25) is 5.91 Å². The fourth-order valence-electron chi connectivity index (χ4n) is 5.68. The molecule has 5 rings (SSSR count). The van der Waals surface area contributed by atoms with Crippen molar-refractivity contribution in [3.05, 3.63) is 77.5 Å². The summed E-state index contributed by atoms with van der Waals surface area (Å²) in [5.74, 6) is -0.174. The van der Waals surface area contributed by atoms with Crippen LogP contribution < -0.4 is 5.32 Å². The van der Waals surface area contributed by atoms with Gasteiger partial charge in [-0.1, -0.05) is 18.2 Å². The van der Waals surface area contributed by atoms with E-state index in [1.54, 1.807) is 0 Å². The van der Waals surface area contributed by atoms with Gasteiger partial charge in [0, 0.05) is 48.4 Å². The van der Waals surface area contributed by atoms with Crippen LogP contribution in [0.3, 0.4) is 0 Å². The molecule has 1 amide bonds. The molecule has 1 saturated heterocycles. The Hall–Kier alpha value is -2.99. The highest BCUT2D eigenvalue weighted by molar-refractivity contribution is 5.91. The van der Waals surface area contributed by atoms with Crippen molar-refractivity contribution in [2.75, 3.05) is 19.6 Å². The van der Waals surface area contributed by atoms with E-state index in [1.807, 2.05) is 4.90 Å². The summed E-state index contributed by atoms with van der Waals surface area (Å²) in [6.45, 7) is 2.45. The number of carbonyl (C=O) groups excluding carboxylic acids is 1. The Kier molecular flexibility index (Phi) is 7.28. The second-order valence-corrected chi connectivity index (χ2v) is 10.1. The third kappa shape index (κ3) is 5.81. The Bertz CT molecular complexity index is 1170. The van der Waals surface area contributed by atoms with Gasteiger partial charge in [-0.2, -0.15) is 0 Å². The summed E-state index contributed by atoms with van der Waals surface area (Å²) in [7, 11) is 0. The van der Waals surface area contributed by atoms with Crippen molar-refractivity contribution in [2.24, 2.45) is 5.92 Å². The number of aromatic nitrogens is 1. The lowest BCUT2D eigenvalue weighted by Crippen LogP contribution is -2.42. The van der Waals surface area contributed by atoms with Gasteiger partial charge >= 0.3 is 0 Å².